The van der Waals surface area contributed by atoms with Gasteiger partial charge < -0.3 is 0 Å². The number of sulfonamides is 1. The van der Waals surface area contributed by atoms with Crippen LogP contribution in [0.1, 0.15) is 12.8 Å². The summed E-state index contributed by atoms with van der Waals surface area (Å²) in [6.45, 7) is 0.478. The molecule has 0 N–H and O–H groups in total. The second kappa shape index (κ2) is 5.68. The Hall–Kier alpha value is -0.800. The third-order valence-electron chi connectivity index (χ3n) is 2.84. The van der Waals surface area contributed by atoms with Gasteiger partial charge in [0.05, 0.1) is 11.6 Å². The van der Waals surface area contributed by atoms with E-state index in [1.54, 1.807) is 0 Å². The van der Waals surface area contributed by atoms with Crippen molar-refractivity contribution in [3.05, 3.63) is 22.4 Å². The van der Waals surface area contributed by atoms with Gasteiger partial charge in [-0.25, -0.2) is 13.4 Å². The Labute approximate surface area is 122 Å². The molecule has 0 unspecified atom stereocenters. The second-order valence-electron chi connectivity index (χ2n) is 4.39. The molecule has 7 heteroatoms. The third kappa shape index (κ3) is 3.40. The van der Waals surface area contributed by atoms with Gasteiger partial charge in [-0.2, -0.15) is 4.31 Å². The van der Waals surface area contributed by atoms with Gasteiger partial charge in [-0.15, -0.1) is 6.42 Å². The van der Waals surface area contributed by atoms with Crippen LogP contribution in [0, 0.1) is 18.3 Å². The molecule has 0 aromatic carbocycles. The van der Waals surface area contributed by atoms with E-state index >= 15 is 0 Å². The summed E-state index contributed by atoms with van der Waals surface area (Å²) < 4.78 is 26.2. The Kier molecular flexibility index (Phi) is 4.36. The van der Waals surface area contributed by atoms with Crippen LogP contribution >= 0.6 is 23.2 Å². The highest BCUT2D eigenvalue weighted by molar-refractivity contribution is 7.89. The number of nitrogens with zero attached hydrogens (tertiary/aromatic N) is 2. The summed E-state index contributed by atoms with van der Waals surface area (Å²) >= 11 is 11.5. The Bertz CT molecular complexity index is 621. The molecule has 19 heavy (non-hydrogen) atoms. The number of hydrogen-bond donors (Lipinski definition) is 0. The zero-order valence-corrected chi connectivity index (χ0v) is 12.3. The minimum atomic E-state index is -3.67. The van der Waals surface area contributed by atoms with Crippen molar-refractivity contribution in [1.29, 1.82) is 0 Å². The van der Waals surface area contributed by atoms with Crippen molar-refractivity contribution in [2.75, 3.05) is 13.1 Å². The van der Waals surface area contributed by atoms with Crippen LogP contribution in [0.4, 0.5) is 0 Å². The average Bonchev–Trinajstić information content (AvgIpc) is 3.16. The highest BCUT2D eigenvalue weighted by atomic mass is 35.5. The topological polar surface area (TPSA) is 50.3 Å². The number of pyridine rings is 1. The molecule has 0 radical (unpaired) electrons. The Balaban J connectivity index is 2.32. The van der Waals surface area contributed by atoms with Gasteiger partial charge in [0.2, 0.25) is 10.0 Å². The molecule has 0 saturated heterocycles. The zero-order chi connectivity index (χ0) is 14.0. The van der Waals surface area contributed by atoms with Crippen molar-refractivity contribution in [3.8, 4) is 12.3 Å². The van der Waals surface area contributed by atoms with E-state index in [0.717, 1.165) is 12.8 Å². The van der Waals surface area contributed by atoms with Crippen LogP contribution in [-0.2, 0) is 10.0 Å². The molecule has 1 saturated carbocycles. The molecule has 4 nitrogen and oxygen atoms in total. The van der Waals surface area contributed by atoms with Crippen molar-refractivity contribution < 1.29 is 8.42 Å². The zero-order valence-electron chi connectivity index (χ0n) is 10.0. The van der Waals surface area contributed by atoms with Gasteiger partial charge in [0.15, 0.2) is 0 Å². The number of aromatic nitrogens is 1. The highest BCUT2D eigenvalue weighted by Crippen LogP contribution is 2.32. The molecule has 102 valence electrons. The first-order valence-electron chi connectivity index (χ1n) is 5.70. The lowest BCUT2D eigenvalue weighted by Crippen LogP contribution is -2.33. The summed E-state index contributed by atoms with van der Waals surface area (Å²) in [7, 11) is -3.67. The van der Waals surface area contributed by atoms with E-state index in [1.807, 2.05) is 0 Å². The first kappa shape index (κ1) is 14.6. The van der Waals surface area contributed by atoms with Crippen LogP contribution in [0.15, 0.2) is 17.2 Å². The molecule has 2 rings (SSSR count). The maximum Gasteiger partial charge on any atom is 0.245 e. The van der Waals surface area contributed by atoms with Crippen molar-refractivity contribution >= 4 is 33.2 Å². The van der Waals surface area contributed by atoms with E-state index in [0.29, 0.717) is 12.5 Å². The molecule has 1 aromatic heterocycles. The van der Waals surface area contributed by atoms with E-state index in [2.05, 4.69) is 10.9 Å². The molecule has 1 heterocycles. The van der Waals surface area contributed by atoms with E-state index in [-0.39, 0.29) is 21.6 Å². The third-order valence-corrected chi connectivity index (χ3v) is 5.30. The van der Waals surface area contributed by atoms with Crippen LogP contribution in [0.2, 0.25) is 10.2 Å². The molecule has 1 aromatic rings. The quantitative estimate of drug-likeness (QED) is 0.619. The maximum atomic E-state index is 12.4. The second-order valence-corrected chi connectivity index (χ2v) is 7.09. The van der Waals surface area contributed by atoms with E-state index in [4.69, 9.17) is 29.6 Å². The van der Waals surface area contributed by atoms with Crippen molar-refractivity contribution in [2.45, 2.75) is 17.7 Å². The summed E-state index contributed by atoms with van der Waals surface area (Å²) in [5.41, 5.74) is 0. The minimum Gasteiger partial charge on any atom is -0.242 e. The fourth-order valence-corrected chi connectivity index (χ4v) is 3.37. The van der Waals surface area contributed by atoms with Gasteiger partial charge in [-0.1, -0.05) is 29.1 Å². The Morgan fingerprint density at radius 2 is 2.16 bits per heavy atom. The molecule has 0 atom stereocenters. The first-order chi connectivity index (χ1) is 8.95. The summed E-state index contributed by atoms with van der Waals surface area (Å²) in [6, 6.07) is 1.29. The monoisotopic (exact) mass is 318 g/mol. The summed E-state index contributed by atoms with van der Waals surface area (Å²) in [6.07, 6.45) is 8.51. The van der Waals surface area contributed by atoms with E-state index in [9.17, 15) is 8.42 Å². The Morgan fingerprint density at radius 1 is 1.47 bits per heavy atom. The molecule has 1 aliphatic carbocycles. The fraction of sp³-hybridized carbons (Fsp3) is 0.417. The highest BCUT2D eigenvalue weighted by Gasteiger charge is 2.31. The molecule has 0 amide bonds. The van der Waals surface area contributed by atoms with Gasteiger partial charge in [0, 0.05) is 12.7 Å². The van der Waals surface area contributed by atoms with Crippen LogP contribution in [-0.4, -0.2) is 30.8 Å². The SMILES string of the molecule is C#CCN(CC1CC1)S(=O)(=O)c1cnc(Cl)c(Cl)c1. The van der Waals surface area contributed by atoms with E-state index in [1.165, 1.54) is 16.6 Å². The predicted molar refractivity (Wildman–Crippen MR) is 74.6 cm³/mol. The van der Waals surface area contributed by atoms with Gasteiger partial charge in [0.25, 0.3) is 0 Å². The summed E-state index contributed by atoms with van der Waals surface area (Å²) in [5, 5.41) is 0.182. The van der Waals surface area contributed by atoms with E-state index < -0.39 is 10.0 Å². The minimum absolute atomic E-state index is 0.0119. The van der Waals surface area contributed by atoms with Crippen molar-refractivity contribution in [2.24, 2.45) is 5.92 Å². The van der Waals surface area contributed by atoms with Crippen molar-refractivity contribution in [3.63, 3.8) is 0 Å². The Morgan fingerprint density at radius 3 is 2.68 bits per heavy atom. The van der Waals surface area contributed by atoms with Crippen LogP contribution in [0.25, 0.3) is 0 Å². The molecular weight excluding hydrogens is 307 g/mol. The molecular formula is C12H12Cl2N2O2S. The standard InChI is InChI=1S/C12H12Cl2N2O2S/c1-2-5-16(8-9-3-4-9)19(17,18)10-6-11(13)12(14)15-7-10/h1,6-7,9H,3-5,8H2. The van der Waals surface area contributed by atoms with Crippen LogP contribution in [0.3, 0.4) is 0 Å². The molecule has 1 fully saturated rings. The van der Waals surface area contributed by atoms with Gasteiger partial charge >= 0.3 is 0 Å². The fourth-order valence-electron chi connectivity index (χ4n) is 1.63. The smallest absolute Gasteiger partial charge is 0.242 e. The van der Waals surface area contributed by atoms with Gasteiger partial charge in [-0.3, -0.25) is 0 Å². The van der Waals surface area contributed by atoms with Gasteiger partial charge in [0.1, 0.15) is 10.0 Å². The predicted octanol–water partition coefficient (Wildman–Crippen LogP) is 2.42. The lowest BCUT2D eigenvalue weighted by Gasteiger charge is -2.19. The molecule has 0 aliphatic heterocycles. The summed E-state index contributed by atoms with van der Waals surface area (Å²) in [4.78, 5) is 3.77. The van der Waals surface area contributed by atoms with Crippen molar-refractivity contribution in [1.82, 2.24) is 9.29 Å². The molecule has 1 aliphatic rings. The largest absolute Gasteiger partial charge is 0.245 e. The van der Waals surface area contributed by atoms with Crippen LogP contribution in [0.5, 0.6) is 0 Å². The maximum absolute atomic E-state index is 12.4. The van der Waals surface area contributed by atoms with Crippen LogP contribution < -0.4 is 0 Å². The molecule has 0 bridgehead atoms. The lowest BCUT2D eigenvalue weighted by atomic mass is 10.4. The first-order valence-corrected chi connectivity index (χ1v) is 7.89. The average molecular weight is 319 g/mol. The summed E-state index contributed by atoms with van der Waals surface area (Å²) in [5.74, 6) is 2.77. The number of rotatable bonds is 5. The molecule has 0 spiro atoms. The number of terminal acetylenes is 1. The lowest BCUT2D eigenvalue weighted by molar-refractivity contribution is 0.430. The number of halogens is 2. The van der Waals surface area contributed by atoms with Gasteiger partial charge in [-0.05, 0) is 24.8 Å². The normalized spacial score (nSPS) is 15.5. The number of hydrogen-bond acceptors (Lipinski definition) is 3.